The predicted octanol–water partition coefficient (Wildman–Crippen LogP) is 6.68. The first-order valence-electron chi connectivity index (χ1n) is 10.1. The van der Waals surface area contributed by atoms with Gasteiger partial charge in [-0.05, 0) is 48.1 Å². The van der Waals surface area contributed by atoms with E-state index in [1.807, 2.05) is 0 Å². The van der Waals surface area contributed by atoms with E-state index in [1.165, 1.54) is 47.6 Å². The minimum atomic E-state index is 0.360. The summed E-state index contributed by atoms with van der Waals surface area (Å²) in [6, 6.07) is 27.1. The van der Waals surface area contributed by atoms with Crippen LogP contribution in [0.15, 0.2) is 72.8 Å². The molecule has 0 aliphatic carbocycles. The van der Waals surface area contributed by atoms with E-state index >= 15 is 0 Å². The Hall–Kier alpha value is -2.12. The van der Waals surface area contributed by atoms with Crippen molar-refractivity contribution in [3.63, 3.8) is 0 Å². The van der Waals surface area contributed by atoms with E-state index in [0.717, 1.165) is 6.42 Å². The van der Waals surface area contributed by atoms with Gasteiger partial charge in [-0.1, -0.05) is 92.6 Å². The quantitative estimate of drug-likeness (QED) is 0.456. The highest BCUT2D eigenvalue weighted by atomic mass is 14.9. The fraction of sp³-hybridized carbons (Fsp3) is 0.360. The number of fused-ring (bicyclic) bond motifs is 1. The Morgan fingerprint density at radius 1 is 0.808 bits per heavy atom. The van der Waals surface area contributed by atoms with Crippen LogP contribution in [-0.4, -0.2) is 6.04 Å². The molecule has 0 radical (unpaired) electrons. The van der Waals surface area contributed by atoms with E-state index in [1.54, 1.807) is 0 Å². The van der Waals surface area contributed by atoms with Gasteiger partial charge in [-0.3, -0.25) is 0 Å². The summed E-state index contributed by atoms with van der Waals surface area (Å²) < 4.78 is 0. The Kier molecular flexibility index (Phi) is 6.85. The highest BCUT2D eigenvalue weighted by Gasteiger charge is 2.15. The van der Waals surface area contributed by atoms with Gasteiger partial charge < -0.3 is 5.32 Å². The third-order valence-electron chi connectivity index (χ3n) is 5.31. The number of benzene rings is 3. The van der Waals surface area contributed by atoms with E-state index in [4.69, 9.17) is 0 Å². The van der Waals surface area contributed by atoms with Crippen molar-refractivity contribution in [2.75, 3.05) is 0 Å². The molecule has 0 heterocycles. The lowest BCUT2D eigenvalue weighted by Crippen LogP contribution is -2.32. The summed E-state index contributed by atoms with van der Waals surface area (Å²) in [4.78, 5) is 0. The van der Waals surface area contributed by atoms with Gasteiger partial charge in [-0.15, -0.1) is 0 Å². The van der Waals surface area contributed by atoms with E-state index in [9.17, 15) is 0 Å². The smallest absolute Gasteiger partial charge is 0.0300 e. The van der Waals surface area contributed by atoms with Gasteiger partial charge in [0, 0.05) is 12.1 Å². The molecule has 0 unspecified atom stereocenters. The van der Waals surface area contributed by atoms with Crippen molar-refractivity contribution in [2.24, 2.45) is 0 Å². The Bertz CT molecular complexity index is 788. The Balaban J connectivity index is 1.70. The van der Waals surface area contributed by atoms with Crippen molar-refractivity contribution in [3.05, 3.63) is 83.9 Å². The van der Waals surface area contributed by atoms with Crippen molar-refractivity contribution >= 4 is 10.8 Å². The number of hydrogen-bond acceptors (Lipinski definition) is 1. The van der Waals surface area contributed by atoms with Crippen LogP contribution in [0.4, 0.5) is 0 Å². The second kappa shape index (κ2) is 9.54. The van der Waals surface area contributed by atoms with Crippen molar-refractivity contribution in [1.29, 1.82) is 0 Å². The average molecular weight is 346 g/mol. The first-order valence-corrected chi connectivity index (χ1v) is 10.1. The molecule has 0 fully saturated rings. The lowest BCUT2D eigenvalue weighted by atomic mass is 9.96. The first-order chi connectivity index (χ1) is 12.8. The largest absolute Gasteiger partial charge is 0.307 e. The fourth-order valence-corrected chi connectivity index (χ4v) is 3.82. The second-order valence-electron chi connectivity index (χ2n) is 7.32. The van der Waals surface area contributed by atoms with Crippen LogP contribution in [0.25, 0.3) is 10.8 Å². The van der Waals surface area contributed by atoms with Crippen LogP contribution < -0.4 is 5.32 Å². The molecule has 0 bridgehead atoms. The molecule has 0 spiro atoms. The lowest BCUT2D eigenvalue weighted by Gasteiger charge is -2.25. The van der Waals surface area contributed by atoms with Gasteiger partial charge in [0.15, 0.2) is 0 Å². The molecular formula is C25H31N. The van der Waals surface area contributed by atoms with Gasteiger partial charge in [0.25, 0.3) is 0 Å². The number of rotatable bonds is 9. The predicted molar refractivity (Wildman–Crippen MR) is 114 cm³/mol. The monoisotopic (exact) mass is 345 g/mol. The lowest BCUT2D eigenvalue weighted by molar-refractivity contribution is 0.400. The molecule has 1 N–H and O–H groups in total. The Labute approximate surface area is 158 Å². The molecule has 3 aromatic carbocycles. The SMILES string of the molecule is CCCC[C@H](CCc1ccccc1)N[C@H](C)c1cccc2ccccc12. The molecule has 3 aromatic rings. The molecule has 0 aliphatic rings. The maximum atomic E-state index is 3.93. The molecule has 0 saturated heterocycles. The second-order valence-corrected chi connectivity index (χ2v) is 7.32. The van der Waals surface area contributed by atoms with Gasteiger partial charge in [0.2, 0.25) is 0 Å². The van der Waals surface area contributed by atoms with Gasteiger partial charge in [0.05, 0.1) is 0 Å². The molecule has 0 aromatic heterocycles. The van der Waals surface area contributed by atoms with Crippen LogP contribution in [0.1, 0.15) is 56.7 Å². The highest BCUT2D eigenvalue weighted by Crippen LogP contribution is 2.25. The zero-order valence-electron chi connectivity index (χ0n) is 16.1. The number of aryl methyl sites for hydroxylation is 1. The normalized spacial score (nSPS) is 13.6. The fourth-order valence-electron chi connectivity index (χ4n) is 3.82. The van der Waals surface area contributed by atoms with Gasteiger partial charge in [-0.2, -0.15) is 0 Å². The van der Waals surface area contributed by atoms with Gasteiger partial charge >= 0.3 is 0 Å². The summed E-state index contributed by atoms with van der Waals surface area (Å²) in [6.45, 7) is 4.59. The van der Waals surface area contributed by atoms with Crippen molar-refractivity contribution in [2.45, 2.75) is 58.0 Å². The van der Waals surface area contributed by atoms with Crippen LogP contribution in [-0.2, 0) is 6.42 Å². The van der Waals surface area contributed by atoms with Crippen molar-refractivity contribution < 1.29 is 0 Å². The summed E-state index contributed by atoms with van der Waals surface area (Å²) in [5.41, 5.74) is 2.85. The van der Waals surface area contributed by atoms with Crippen LogP contribution in [0, 0.1) is 0 Å². The maximum absolute atomic E-state index is 3.93. The summed E-state index contributed by atoms with van der Waals surface area (Å²) in [5, 5.41) is 6.63. The summed E-state index contributed by atoms with van der Waals surface area (Å²) in [7, 11) is 0. The minimum absolute atomic E-state index is 0.360. The van der Waals surface area contributed by atoms with E-state index in [-0.39, 0.29) is 0 Å². The molecule has 1 heteroatoms. The number of hydrogen-bond donors (Lipinski definition) is 1. The average Bonchev–Trinajstić information content (AvgIpc) is 2.70. The molecule has 3 rings (SSSR count). The molecule has 136 valence electrons. The van der Waals surface area contributed by atoms with Gasteiger partial charge in [0.1, 0.15) is 0 Å². The minimum Gasteiger partial charge on any atom is -0.307 e. The molecule has 0 amide bonds. The van der Waals surface area contributed by atoms with Crippen LogP contribution >= 0.6 is 0 Å². The van der Waals surface area contributed by atoms with Gasteiger partial charge in [-0.25, -0.2) is 0 Å². The molecule has 2 atom stereocenters. The third-order valence-corrected chi connectivity index (χ3v) is 5.31. The van der Waals surface area contributed by atoms with Crippen LogP contribution in [0.2, 0.25) is 0 Å². The molecule has 26 heavy (non-hydrogen) atoms. The van der Waals surface area contributed by atoms with Crippen molar-refractivity contribution in [3.8, 4) is 0 Å². The zero-order valence-corrected chi connectivity index (χ0v) is 16.1. The molecule has 0 saturated carbocycles. The summed E-state index contributed by atoms with van der Waals surface area (Å²) in [6.07, 6.45) is 6.13. The zero-order chi connectivity index (χ0) is 18.2. The highest BCUT2D eigenvalue weighted by molar-refractivity contribution is 5.86. The van der Waals surface area contributed by atoms with E-state index in [2.05, 4.69) is 92.0 Å². The summed E-state index contributed by atoms with van der Waals surface area (Å²) >= 11 is 0. The topological polar surface area (TPSA) is 12.0 Å². The molecule has 1 nitrogen and oxygen atoms in total. The third kappa shape index (κ3) is 4.95. The van der Waals surface area contributed by atoms with E-state index < -0.39 is 0 Å². The van der Waals surface area contributed by atoms with Crippen LogP contribution in [0.3, 0.4) is 0 Å². The Morgan fingerprint density at radius 3 is 2.35 bits per heavy atom. The summed E-state index contributed by atoms with van der Waals surface area (Å²) in [5.74, 6) is 0. The van der Waals surface area contributed by atoms with E-state index in [0.29, 0.717) is 12.1 Å². The molecule has 0 aliphatic heterocycles. The standard InChI is InChI=1S/C25H31N/c1-3-4-15-23(19-18-21-11-6-5-7-12-21)26-20(2)24-17-10-14-22-13-8-9-16-25(22)24/h5-14,16-17,20,23,26H,3-4,15,18-19H2,1-2H3/t20-,23-/m1/s1. The Morgan fingerprint density at radius 2 is 1.54 bits per heavy atom. The molecular weight excluding hydrogens is 314 g/mol. The maximum Gasteiger partial charge on any atom is 0.0300 e. The van der Waals surface area contributed by atoms with Crippen molar-refractivity contribution in [1.82, 2.24) is 5.32 Å². The number of nitrogens with one attached hydrogen (secondary N) is 1. The van der Waals surface area contributed by atoms with Crippen LogP contribution in [0.5, 0.6) is 0 Å². The first kappa shape index (κ1) is 18.7. The number of unbranched alkanes of at least 4 members (excludes halogenated alkanes) is 1.